The summed E-state index contributed by atoms with van der Waals surface area (Å²) >= 11 is 6.28. The summed E-state index contributed by atoms with van der Waals surface area (Å²) in [6.45, 7) is 5.00. The monoisotopic (exact) mass is 446 g/mol. The maximum Gasteiger partial charge on any atom is 0.255 e. The molecule has 0 radical (unpaired) electrons. The van der Waals surface area contributed by atoms with Gasteiger partial charge in [-0.25, -0.2) is 0 Å². The predicted octanol–water partition coefficient (Wildman–Crippen LogP) is 4.50. The van der Waals surface area contributed by atoms with Crippen molar-refractivity contribution in [2.75, 3.05) is 39.7 Å². The number of nitrogens with zero attached hydrogens (tertiary/aromatic N) is 1. The first-order valence-corrected chi connectivity index (χ1v) is 10.1. The van der Waals surface area contributed by atoms with Crippen molar-refractivity contribution < 1.29 is 23.8 Å². The Morgan fingerprint density at radius 2 is 1.61 bits per heavy atom. The standard InChI is InChI=1S/C23H27ClN2O5/c1-6-26(7-2)23(28)17-10-9-16(14-18(17)24)25-21(27)11-8-15-12-19(29-3)22(31-5)20(13-15)30-4/h8-14H,6-7H2,1-5H3,(H,25,27)/b11-8+. The van der Waals surface area contributed by atoms with Crippen LogP contribution < -0.4 is 19.5 Å². The zero-order valence-corrected chi connectivity index (χ0v) is 19.1. The Kier molecular flexibility index (Phi) is 8.75. The molecule has 0 atom stereocenters. The second kappa shape index (κ2) is 11.3. The van der Waals surface area contributed by atoms with Gasteiger partial charge in [0.1, 0.15) is 0 Å². The molecule has 0 saturated heterocycles. The Morgan fingerprint density at radius 1 is 1.00 bits per heavy atom. The molecule has 0 spiro atoms. The molecule has 0 fully saturated rings. The zero-order chi connectivity index (χ0) is 23.0. The summed E-state index contributed by atoms with van der Waals surface area (Å²) in [5, 5.41) is 3.01. The maximum absolute atomic E-state index is 12.5. The Balaban J connectivity index is 2.15. The second-order valence-corrected chi connectivity index (χ2v) is 6.86. The van der Waals surface area contributed by atoms with Gasteiger partial charge in [-0.15, -0.1) is 0 Å². The molecular weight excluding hydrogens is 420 g/mol. The molecule has 0 unspecified atom stereocenters. The van der Waals surface area contributed by atoms with E-state index in [1.165, 1.54) is 27.4 Å². The minimum atomic E-state index is -0.354. The topological polar surface area (TPSA) is 77.1 Å². The van der Waals surface area contributed by atoms with E-state index in [9.17, 15) is 9.59 Å². The Labute approximate surface area is 187 Å². The highest BCUT2D eigenvalue weighted by atomic mass is 35.5. The van der Waals surface area contributed by atoms with Gasteiger partial charge in [-0.05, 0) is 55.8 Å². The Bertz CT molecular complexity index is 945. The molecule has 2 rings (SSSR count). The average Bonchev–Trinajstić information content (AvgIpc) is 2.77. The number of amides is 2. The minimum Gasteiger partial charge on any atom is -0.493 e. The third-order valence-electron chi connectivity index (χ3n) is 4.63. The molecule has 0 aliphatic rings. The number of halogens is 1. The fourth-order valence-electron chi connectivity index (χ4n) is 3.00. The largest absolute Gasteiger partial charge is 0.493 e. The molecule has 31 heavy (non-hydrogen) atoms. The lowest BCUT2D eigenvalue weighted by Gasteiger charge is -2.19. The number of methoxy groups -OCH3 is 3. The molecule has 0 bridgehead atoms. The van der Waals surface area contributed by atoms with Crippen LogP contribution >= 0.6 is 11.6 Å². The fourth-order valence-corrected chi connectivity index (χ4v) is 3.26. The number of anilines is 1. The first-order chi connectivity index (χ1) is 14.9. The highest BCUT2D eigenvalue weighted by Gasteiger charge is 2.16. The minimum absolute atomic E-state index is 0.143. The van der Waals surface area contributed by atoms with Gasteiger partial charge in [-0.3, -0.25) is 9.59 Å². The van der Waals surface area contributed by atoms with E-state index >= 15 is 0 Å². The van der Waals surface area contributed by atoms with Crippen molar-refractivity contribution in [2.24, 2.45) is 0 Å². The van der Waals surface area contributed by atoms with Crippen molar-refractivity contribution in [3.05, 3.63) is 52.6 Å². The van der Waals surface area contributed by atoms with E-state index < -0.39 is 0 Å². The van der Waals surface area contributed by atoms with Gasteiger partial charge in [0, 0.05) is 24.9 Å². The number of rotatable bonds is 9. The van der Waals surface area contributed by atoms with Crippen molar-refractivity contribution in [1.82, 2.24) is 4.90 Å². The highest BCUT2D eigenvalue weighted by molar-refractivity contribution is 6.34. The number of nitrogens with one attached hydrogen (secondary N) is 1. The number of carbonyl (C=O) groups excluding carboxylic acids is 2. The van der Waals surface area contributed by atoms with Crippen LogP contribution in [0, 0.1) is 0 Å². The smallest absolute Gasteiger partial charge is 0.255 e. The first-order valence-electron chi connectivity index (χ1n) is 9.76. The van der Waals surface area contributed by atoms with Gasteiger partial charge < -0.3 is 24.4 Å². The van der Waals surface area contributed by atoms with Crippen LogP contribution in [0.2, 0.25) is 5.02 Å². The maximum atomic E-state index is 12.5. The van der Waals surface area contributed by atoms with Crippen LogP contribution in [0.1, 0.15) is 29.8 Å². The lowest BCUT2D eigenvalue weighted by atomic mass is 10.1. The van der Waals surface area contributed by atoms with E-state index in [1.807, 2.05) is 13.8 Å². The van der Waals surface area contributed by atoms with Crippen LogP contribution in [0.25, 0.3) is 6.08 Å². The SMILES string of the molecule is CCN(CC)C(=O)c1ccc(NC(=O)/C=C/c2cc(OC)c(OC)c(OC)c2)cc1Cl. The van der Waals surface area contributed by atoms with E-state index in [4.69, 9.17) is 25.8 Å². The number of hydrogen-bond acceptors (Lipinski definition) is 5. The molecule has 0 aliphatic heterocycles. The van der Waals surface area contributed by atoms with Crippen LogP contribution in [-0.2, 0) is 4.79 Å². The fraction of sp³-hybridized carbons (Fsp3) is 0.304. The van der Waals surface area contributed by atoms with Crippen molar-refractivity contribution in [1.29, 1.82) is 0 Å². The molecule has 1 N–H and O–H groups in total. The summed E-state index contributed by atoms with van der Waals surface area (Å²) in [5.41, 5.74) is 1.58. The van der Waals surface area contributed by atoms with Crippen LogP contribution in [0.3, 0.4) is 0 Å². The number of carbonyl (C=O) groups is 2. The molecule has 2 amide bonds. The van der Waals surface area contributed by atoms with Gasteiger partial charge >= 0.3 is 0 Å². The van der Waals surface area contributed by atoms with Crippen LogP contribution in [0.4, 0.5) is 5.69 Å². The van der Waals surface area contributed by atoms with E-state index in [1.54, 1.807) is 41.3 Å². The van der Waals surface area contributed by atoms with E-state index in [-0.39, 0.29) is 16.8 Å². The van der Waals surface area contributed by atoms with E-state index in [0.29, 0.717) is 47.2 Å². The van der Waals surface area contributed by atoms with E-state index in [0.717, 1.165) is 0 Å². The second-order valence-electron chi connectivity index (χ2n) is 6.45. The normalized spacial score (nSPS) is 10.6. The lowest BCUT2D eigenvalue weighted by molar-refractivity contribution is -0.111. The van der Waals surface area contributed by atoms with Crippen LogP contribution in [-0.4, -0.2) is 51.1 Å². The van der Waals surface area contributed by atoms with Crippen molar-refractivity contribution >= 4 is 35.2 Å². The van der Waals surface area contributed by atoms with Gasteiger partial charge in [0.05, 0.1) is 31.9 Å². The van der Waals surface area contributed by atoms with Gasteiger partial charge in [-0.2, -0.15) is 0 Å². The Hall–Kier alpha value is -3.19. The number of benzene rings is 2. The summed E-state index contributed by atoms with van der Waals surface area (Å²) in [5.74, 6) is 0.952. The summed E-state index contributed by atoms with van der Waals surface area (Å²) in [6.07, 6.45) is 3.00. The summed E-state index contributed by atoms with van der Waals surface area (Å²) in [4.78, 5) is 26.5. The van der Waals surface area contributed by atoms with Crippen LogP contribution in [0.5, 0.6) is 17.2 Å². The molecular formula is C23H27ClN2O5. The van der Waals surface area contributed by atoms with Crippen molar-refractivity contribution in [3.8, 4) is 17.2 Å². The molecule has 2 aromatic rings. The molecule has 0 heterocycles. The third kappa shape index (κ3) is 5.92. The third-order valence-corrected chi connectivity index (χ3v) is 4.94. The Morgan fingerprint density at radius 3 is 2.10 bits per heavy atom. The predicted molar refractivity (Wildman–Crippen MR) is 122 cm³/mol. The average molecular weight is 447 g/mol. The molecule has 166 valence electrons. The summed E-state index contributed by atoms with van der Waals surface area (Å²) in [7, 11) is 4.57. The zero-order valence-electron chi connectivity index (χ0n) is 18.3. The number of hydrogen-bond donors (Lipinski definition) is 1. The highest BCUT2D eigenvalue weighted by Crippen LogP contribution is 2.38. The lowest BCUT2D eigenvalue weighted by Crippen LogP contribution is -2.30. The summed E-state index contributed by atoms with van der Waals surface area (Å²) < 4.78 is 15.9. The molecule has 0 aromatic heterocycles. The molecule has 0 saturated carbocycles. The van der Waals surface area contributed by atoms with Crippen LogP contribution in [0.15, 0.2) is 36.4 Å². The molecule has 2 aromatic carbocycles. The molecule has 7 nitrogen and oxygen atoms in total. The van der Waals surface area contributed by atoms with E-state index in [2.05, 4.69) is 5.32 Å². The van der Waals surface area contributed by atoms with Gasteiger partial charge in [0.2, 0.25) is 11.7 Å². The van der Waals surface area contributed by atoms with Crippen molar-refractivity contribution in [3.63, 3.8) is 0 Å². The molecule has 8 heteroatoms. The summed E-state index contributed by atoms with van der Waals surface area (Å²) in [6, 6.07) is 8.28. The first kappa shape index (κ1) is 24.1. The quantitative estimate of drug-likeness (QED) is 0.574. The molecule has 0 aliphatic carbocycles. The van der Waals surface area contributed by atoms with Gasteiger partial charge in [-0.1, -0.05) is 11.6 Å². The van der Waals surface area contributed by atoms with Crippen molar-refractivity contribution in [2.45, 2.75) is 13.8 Å². The van der Waals surface area contributed by atoms with Gasteiger partial charge in [0.15, 0.2) is 11.5 Å². The van der Waals surface area contributed by atoms with Gasteiger partial charge in [0.25, 0.3) is 5.91 Å². The number of ether oxygens (including phenoxy) is 3.